The average Bonchev–Trinajstić information content (AvgIpc) is 2.51. The molecule has 0 fully saturated rings. The molecule has 2 aromatic heterocycles. The molecule has 1 aromatic carbocycles. The van der Waals surface area contributed by atoms with E-state index in [9.17, 15) is 14.3 Å². The van der Waals surface area contributed by atoms with Crippen molar-refractivity contribution in [2.45, 2.75) is 13.0 Å². The molecule has 6 heteroatoms. The van der Waals surface area contributed by atoms with Crippen molar-refractivity contribution in [2.75, 3.05) is 0 Å². The highest BCUT2D eigenvalue weighted by Crippen LogP contribution is 2.24. The molecular weight excluding hydrogens is 285 g/mol. The molecule has 1 unspecified atom stereocenters. The van der Waals surface area contributed by atoms with Gasteiger partial charge in [0.15, 0.2) is 5.82 Å². The molecule has 0 saturated carbocycles. The van der Waals surface area contributed by atoms with Crippen LogP contribution in [0.5, 0.6) is 0 Å². The zero-order chi connectivity index (χ0) is 15.9. The lowest BCUT2D eigenvalue weighted by molar-refractivity contribution is 0.198. The Morgan fingerprint density at radius 3 is 2.59 bits per heavy atom. The normalized spacial score (nSPS) is 12.5. The van der Waals surface area contributed by atoms with Crippen LogP contribution in [0.25, 0.3) is 22.2 Å². The predicted molar refractivity (Wildman–Crippen MR) is 80.8 cm³/mol. The molecule has 0 aliphatic heterocycles. The Bertz CT molecular complexity index is 902. The smallest absolute Gasteiger partial charge is 0.258 e. The minimum absolute atomic E-state index is 0.212. The van der Waals surface area contributed by atoms with Crippen LogP contribution in [0, 0.1) is 5.82 Å². The fourth-order valence-corrected chi connectivity index (χ4v) is 2.23. The van der Waals surface area contributed by atoms with Crippen molar-refractivity contribution in [1.29, 1.82) is 0 Å². The number of hydrogen-bond donors (Lipinski definition) is 1. The van der Waals surface area contributed by atoms with E-state index in [0.29, 0.717) is 16.3 Å². The van der Waals surface area contributed by atoms with Gasteiger partial charge in [0.05, 0.1) is 17.1 Å². The highest BCUT2D eigenvalue weighted by molar-refractivity contribution is 5.85. The summed E-state index contributed by atoms with van der Waals surface area (Å²) in [5, 5.41) is 10.4. The minimum atomic E-state index is -0.682. The summed E-state index contributed by atoms with van der Waals surface area (Å²) >= 11 is 0. The number of nitrogens with zero attached hydrogens (tertiary/aromatic N) is 3. The van der Waals surface area contributed by atoms with Crippen LogP contribution in [-0.4, -0.2) is 19.6 Å². The highest BCUT2D eigenvalue weighted by Gasteiger charge is 2.12. The Balaban J connectivity index is 2.17. The lowest BCUT2D eigenvalue weighted by Gasteiger charge is -2.07. The number of pyridine rings is 1. The second-order valence-corrected chi connectivity index (χ2v) is 5.17. The van der Waals surface area contributed by atoms with Gasteiger partial charge in [-0.2, -0.15) is 0 Å². The van der Waals surface area contributed by atoms with Gasteiger partial charge in [0.1, 0.15) is 5.82 Å². The number of hydrogen-bond acceptors (Lipinski definition) is 4. The molecule has 0 bridgehead atoms. The van der Waals surface area contributed by atoms with Crippen LogP contribution in [-0.2, 0) is 7.05 Å². The maximum absolute atomic E-state index is 14.3. The van der Waals surface area contributed by atoms with Gasteiger partial charge in [0.25, 0.3) is 5.56 Å². The van der Waals surface area contributed by atoms with Crippen LogP contribution >= 0.6 is 0 Å². The molecule has 1 N–H and O–H groups in total. The summed E-state index contributed by atoms with van der Waals surface area (Å²) in [4.78, 5) is 20.2. The molecule has 5 nitrogen and oxygen atoms in total. The van der Waals surface area contributed by atoms with Crippen LogP contribution < -0.4 is 5.56 Å². The van der Waals surface area contributed by atoms with Crippen molar-refractivity contribution in [3.63, 3.8) is 0 Å². The van der Waals surface area contributed by atoms with E-state index >= 15 is 0 Å². The van der Waals surface area contributed by atoms with E-state index in [2.05, 4.69) is 9.97 Å². The van der Waals surface area contributed by atoms with Crippen LogP contribution in [0.3, 0.4) is 0 Å². The molecule has 0 radical (unpaired) electrons. The summed E-state index contributed by atoms with van der Waals surface area (Å²) in [6, 6.07) is 4.51. The summed E-state index contributed by atoms with van der Waals surface area (Å²) in [5.74, 6) is -0.343. The number of benzene rings is 1. The third kappa shape index (κ3) is 2.37. The fraction of sp³-hybridized carbons (Fsp3) is 0.188. The first kappa shape index (κ1) is 14.3. The number of aryl methyl sites for hydroxylation is 1. The third-order valence-corrected chi connectivity index (χ3v) is 3.56. The highest BCUT2D eigenvalue weighted by atomic mass is 19.1. The van der Waals surface area contributed by atoms with Crippen LogP contribution in [0.4, 0.5) is 4.39 Å². The molecule has 0 aliphatic rings. The predicted octanol–water partition coefficient (Wildman–Crippen LogP) is 2.19. The maximum Gasteiger partial charge on any atom is 0.258 e. The average molecular weight is 299 g/mol. The number of halogens is 1. The number of rotatable bonds is 2. The van der Waals surface area contributed by atoms with Crippen molar-refractivity contribution in [2.24, 2.45) is 7.05 Å². The van der Waals surface area contributed by atoms with E-state index in [0.717, 1.165) is 0 Å². The third-order valence-electron chi connectivity index (χ3n) is 3.56. The van der Waals surface area contributed by atoms with Gasteiger partial charge in [-0.05, 0) is 30.5 Å². The Morgan fingerprint density at radius 2 is 1.95 bits per heavy atom. The van der Waals surface area contributed by atoms with E-state index in [1.54, 1.807) is 32.3 Å². The quantitative estimate of drug-likeness (QED) is 0.787. The van der Waals surface area contributed by atoms with Gasteiger partial charge < -0.3 is 9.67 Å². The molecule has 0 amide bonds. The van der Waals surface area contributed by atoms with Gasteiger partial charge in [-0.25, -0.2) is 14.4 Å². The molecule has 0 spiro atoms. The van der Waals surface area contributed by atoms with Gasteiger partial charge in [-0.3, -0.25) is 4.79 Å². The van der Waals surface area contributed by atoms with Gasteiger partial charge in [-0.15, -0.1) is 0 Å². The lowest BCUT2D eigenvalue weighted by Crippen LogP contribution is -2.15. The summed E-state index contributed by atoms with van der Waals surface area (Å²) in [6.07, 6.45) is 3.86. The molecule has 3 rings (SSSR count). The first-order valence-electron chi connectivity index (χ1n) is 6.76. The first-order chi connectivity index (χ1) is 10.5. The van der Waals surface area contributed by atoms with Crippen molar-refractivity contribution >= 4 is 10.8 Å². The van der Waals surface area contributed by atoms with Gasteiger partial charge in [0.2, 0.25) is 0 Å². The van der Waals surface area contributed by atoms with E-state index in [1.165, 1.54) is 23.0 Å². The molecule has 112 valence electrons. The monoisotopic (exact) mass is 299 g/mol. The summed E-state index contributed by atoms with van der Waals surface area (Å²) in [6.45, 7) is 1.60. The van der Waals surface area contributed by atoms with Crippen molar-refractivity contribution in [1.82, 2.24) is 14.5 Å². The number of aliphatic hydroxyl groups excluding tert-OH is 1. The van der Waals surface area contributed by atoms with Crippen LogP contribution in [0.15, 0.2) is 41.6 Å². The molecule has 2 heterocycles. The molecular formula is C16H14FN3O2. The molecule has 1 atom stereocenters. The standard InChI is InChI=1S/C16H14FN3O2/c1-9(21)11-7-18-15(19-8-11)13-5-10-3-4-20(2)16(22)12(10)6-14(13)17/h3-9,21H,1-2H3. The van der Waals surface area contributed by atoms with Crippen molar-refractivity contribution in [3.8, 4) is 11.4 Å². The molecule has 0 aliphatic carbocycles. The van der Waals surface area contributed by atoms with Gasteiger partial charge >= 0.3 is 0 Å². The van der Waals surface area contributed by atoms with E-state index in [-0.39, 0.29) is 16.9 Å². The van der Waals surface area contributed by atoms with Crippen LogP contribution in [0.1, 0.15) is 18.6 Å². The number of aromatic nitrogens is 3. The van der Waals surface area contributed by atoms with Gasteiger partial charge in [-0.1, -0.05) is 0 Å². The lowest BCUT2D eigenvalue weighted by atomic mass is 10.1. The molecule has 0 saturated heterocycles. The van der Waals surface area contributed by atoms with E-state index < -0.39 is 11.9 Å². The molecule has 22 heavy (non-hydrogen) atoms. The largest absolute Gasteiger partial charge is 0.389 e. The fourth-order valence-electron chi connectivity index (χ4n) is 2.23. The van der Waals surface area contributed by atoms with E-state index in [1.807, 2.05) is 0 Å². The zero-order valence-electron chi connectivity index (χ0n) is 12.1. The number of fused-ring (bicyclic) bond motifs is 1. The Morgan fingerprint density at radius 1 is 1.27 bits per heavy atom. The topological polar surface area (TPSA) is 68.0 Å². The van der Waals surface area contributed by atoms with Crippen molar-refractivity contribution in [3.05, 3.63) is 58.5 Å². The zero-order valence-corrected chi connectivity index (χ0v) is 12.1. The minimum Gasteiger partial charge on any atom is -0.389 e. The van der Waals surface area contributed by atoms with E-state index in [4.69, 9.17) is 0 Å². The van der Waals surface area contributed by atoms with Crippen LogP contribution in [0.2, 0.25) is 0 Å². The molecule has 3 aromatic rings. The summed E-state index contributed by atoms with van der Waals surface area (Å²) in [5.41, 5.74) is 0.519. The van der Waals surface area contributed by atoms with Crippen molar-refractivity contribution < 1.29 is 9.50 Å². The Kier molecular flexibility index (Phi) is 3.46. The SMILES string of the molecule is CC(O)c1cnc(-c2cc3ccn(C)c(=O)c3cc2F)nc1. The summed E-state index contributed by atoms with van der Waals surface area (Å²) in [7, 11) is 1.62. The first-order valence-corrected chi connectivity index (χ1v) is 6.76. The second kappa shape index (κ2) is 5.31. The summed E-state index contributed by atoms with van der Waals surface area (Å²) < 4.78 is 15.7. The Hall–Kier alpha value is -2.60. The second-order valence-electron chi connectivity index (χ2n) is 5.17. The van der Waals surface area contributed by atoms with Gasteiger partial charge in [0, 0.05) is 31.2 Å². The number of aliphatic hydroxyl groups is 1. The Labute approximate surface area is 125 Å². The maximum atomic E-state index is 14.3.